The molecular weight excluding hydrogens is 260 g/mol. The number of hydrogen-bond acceptors (Lipinski definition) is 2. The molecule has 2 fully saturated rings. The summed E-state index contributed by atoms with van der Waals surface area (Å²) in [5, 5.41) is 3.47. The third-order valence-electron chi connectivity index (χ3n) is 5.14. The van der Waals surface area contributed by atoms with E-state index in [0.29, 0.717) is 11.3 Å². The van der Waals surface area contributed by atoms with E-state index in [1.54, 1.807) is 0 Å². The number of likely N-dealkylation sites (tertiary alicyclic amines) is 1. The lowest BCUT2D eigenvalue weighted by molar-refractivity contribution is -0.140. The molecule has 2 heterocycles. The summed E-state index contributed by atoms with van der Waals surface area (Å²) in [6, 6.07) is 0. The Morgan fingerprint density at radius 2 is 1.79 bits per heavy atom. The standard InChI is InChI=1S/C15H28N2O.ClH/c1-12(14(2,3)4)13(18)17-9-6-15(7-10-17)5-8-16-11-15;/h12,16H,5-11H2,1-4H3;1H. The summed E-state index contributed by atoms with van der Waals surface area (Å²) in [6.45, 7) is 12.8. The molecule has 0 aromatic carbocycles. The van der Waals surface area contributed by atoms with Gasteiger partial charge in [-0.25, -0.2) is 0 Å². The van der Waals surface area contributed by atoms with Crippen molar-refractivity contribution in [2.45, 2.75) is 47.0 Å². The number of rotatable bonds is 1. The van der Waals surface area contributed by atoms with Gasteiger partial charge in [-0.1, -0.05) is 27.7 Å². The predicted molar refractivity (Wildman–Crippen MR) is 81.6 cm³/mol. The van der Waals surface area contributed by atoms with Crippen LogP contribution in [0.15, 0.2) is 0 Å². The first-order chi connectivity index (χ1) is 8.34. The molecule has 2 saturated heterocycles. The highest BCUT2D eigenvalue weighted by Crippen LogP contribution is 2.38. The second-order valence-electron chi connectivity index (χ2n) is 7.34. The first kappa shape index (κ1) is 16.8. The van der Waals surface area contributed by atoms with Crippen LogP contribution < -0.4 is 5.32 Å². The van der Waals surface area contributed by atoms with Crippen LogP contribution in [0.2, 0.25) is 0 Å². The molecule has 1 amide bonds. The van der Waals surface area contributed by atoms with Crippen LogP contribution in [-0.4, -0.2) is 37.0 Å². The van der Waals surface area contributed by atoms with E-state index in [9.17, 15) is 4.79 Å². The van der Waals surface area contributed by atoms with Gasteiger partial charge in [0.05, 0.1) is 0 Å². The monoisotopic (exact) mass is 288 g/mol. The number of piperidine rings is 1. The van der Waals surface area contributed by atoms with E-state index in [1.165, 1.54) is 19.3 Å². The average molecular weight is 289 g/mol. The highest BCUT2D eigenvalue weighted by molar-refractivity contribution is 5.85. The van der Waals surface area contributed by atoms with Crippen molar-refractivity contribution in [2.75, 3.05) is 26.2 Å². The third kappa shape index (κ3) is 3.63. The van der Waals surface area contributed by atoms with Gasteiger partial charge in [-0.3, -0.25) is 4.79 Å². The van der Waals surface area contributed by atoms with Gasteiger partial charge in [0.1, 0.15) is 0 Å². The fraction of sp³-hybridized carbons (Fsp3) is 0.933. The fourth-order valence-electron chi connectivity index (χ4n) is 3.07. The van der Waals surface area contributed by atoms with Gasteiger partial charge < -0.3 is 10.2 Å². The lowest BCUT2D eigenvalue weighted by atomic mass is 9.76. The zero-order valence-electron chi connectivity index (χ0n) is 12.8. The molecule has 3 nitrogen and oxygen atoms in total. The zero-order chi connectivity index (χ0) is 13.4. The van der Waals surface area contributed by atoms with Crippen molar-refractivity contribution in [3.05, 3.63) is 0 Å². The highest BCUT2D eigenvalue weighted by Gasteiger charge is 2.39. The van der Waals surface area contributed by atoms with Crippen LogP contribution in [0, 0.1) is 16.7 Å². The Hall–Kier alpha value is -0.280. The summed E-state index contributed by atoms with van der Waals surface area (Å²) in [5.41, 5.74) is 0.572. The lowest BCUT2D eigenvalue weighted by Gasteiger charge is -2.41. The summed E-state index contributed by atoms with van der Waals surface area (Å²) in [5.74, 6) is 0.469. The Labute approximate surface area is 123 Å². The van der Waals surface area contributed by atoms with Crippen LogP contribution in [-0.2, 0) is 4.79 Å². The van der Waals surface area contributed by atoms with E-state index in [1.807, 2.05) is 0 Å². The molecule has 0 saturated carbocycles. The van der Waals surface area contributed by atoms with Gasteiger partial charge >= 0.3 is 0 Å². The Morgan fingerprint density at radius 3 is 2.21 bits per heavy atom. The maximum absolute atomic E-state index is 12.5. The van der Waals surface area contributed by atoms with Crippen LogP contribution >= 0.6 is 12.4 Å². The number of carbonyl (C=O) groups is 1. The zero-order valence-corrected chi connectivity index (χ0v) is 13.6. The van der Waals surface area contributed by atoms with E-state index < -0.39 is 0 Å². The van der Waals surface area contributed by atoms with E-state index in [4.69, 9.17) is 0 Å². The second-order valence-corrected chi connectivity index (χ2v) is 7.34. The number of nitrogens with zero attached hydrogens (tertiary/aromatic N) is 1. The minimum absolute atomic E-state index is 0. The van der Waals surface area contributed by atoms with Gasteiger partial charge in [0.25, 0.3) is 0 Å². The van der Waals surface area contributed by atoms with Gasteiger partial charge in [0.2, 0.25) is 5.91 Å². The maximum atomic E-state index is 12.5. The summed E-state index contributed by atoms with van der Waals surface area (Å²) < 4.78 is 0. The largest absolute Gasteiger partial charge is 0.342 e. The summed E-state index contributed by atoms with van der Waals surface area (Å²) in [7, 11) is 0. The van der Waals surface area contributed by atoms with Gasteiger partial charge in [0.15, 0.2) is 0 Å². The Kier molecular flexibility index (Phi) is 5.30. The second kappa shape index (κ2) is 6.01. The molecule has 1 atom stereocenters. The topological polar surface area (TPSA) is 32.3 Å². The van der Waals surface area contributed by atoms with Crippen LogP contribution in [0.4, 0.5) is 0 Å². The molecule has 0 aromatic heterocycles. The summed E-state index contributed by atoms with van der Waals surface area (Å²) in [4.78, 5) is 14.6. The number of amides is 1. The van der Waals surface area contributed by atoms with Crippen molar-refractivity contribution >= 4 is 18.3 Å². The molecule has 4 heteroatoms. The number of hydrogen-bond donors (Lipinski definition) is 1. The van der Waals surface area contributed by atoms with Gasteiger partial charge in [-0.2, -0.15) is 0 Å². The first-order valence-corrected chi connectivity index (χ1v) is 7.34. The summed E-state index contributed by atoms with van der Waals surface area (Å²) in [6.07, 6.45) is 3.66. The van der Waals surface area contributed by atoms with Crippen LogP contribution in [0.25, 0.3) is 0 Å². The highest BCUT2D eigenvalue weighted by atomic mass is 35.5. The van der Waals surface area contributed by atoms with Crippen LogP contribution in [0.5, 0.6) is 0 Å². The SMILES string of the molecule is CC(C(=O)N1CCC2(CCNC2)CC1)C(C)(C)C.Cl. The molecule has 0 aliphatic carbocycles. The Balaban J connectivity index is 0.00000180. The number of carbonyl (C=O) groups excluding carboxylic acids is 1. The molecule has 0 bridgehead atoms. The maximum Gasteiger partial charge on any atom is 0.225 e. The molecule has 1 spiro atoms. The van der Waals surface area contributed by atoms with E-state index in [2.05, 4.69) is 37.9 Å². The van der Waals surface area contributed by atoms with Crippen molar-refractivity contribution in [1.82, 2.24) is 10.2 Å². The van der Waals surface area contributed by atoms with Crippen molar-refractivity contribution in [3.8, 4) is 0 Å². The van der Waals surface area contributed by atoms with Crippen molar-refractivity contribution < 1.29 is 4.79 Å². The Morgan fingerprint density at radius 1 is 1.21 bits per heavy atom. The first-order valence-electron chi connectivity index (χ1n) is 7.34. The molecular formula is C15H29ClN2O. The van der Waals surface area contributed by atoms with Crippen LogP contribution in [0.1, 0.15) is 47.0 Å². The summed E-state index contributed by atoms with van der Waals surface area (Å²) >= 11 is 0. The van der Waals surface area contributed by atoms with E-state index in [0.717, 1.165) is 26.2 Å². The van der Waals surface area contributed by atoms with Gasteiger partial charge in [0, 0.05) is 25.6 Å². The molecule has 19 heavy (non-hydrogen) atoms. The minimum atomic E-state index is 0. The fourth-order valence-corrected chi connectivity index (χ4v) is 3.07. The minimum Gasteiger partial charge on any atom is -0.342 e. The van der Waals surface area contributed by atoms with Crippen molar-refractivity contribution in [2.24, 2.45) is 16.7 Å². The van der Waals surface area contributed by atoms with Crippen molar-refractivity contribution in [1.29, 1.82) is 0 Å². The van der Waals surface area contributed by atoms with Gasteiger partial charge in [-0.15, -0.1) is 12.4 Å². The lowest BCUT2D eigenvalue weighted by Crippen LogP contribution is -2.47. The molecule has 0 radical (unpaired) electrons. The van der Waals surface area contributed by atoms with Gasteiger partial charge in [-0.05, 0) is 36.6 Å². The number of halogens is 1. The number of nitrogens with one attached hydrogen (secondary N) is 1. The van der Waals surface area contributed by atoms with Crippen LogP contribution in [0.3, 0.4) is 0 Å². The Bertz CT molecular complexity index is 309. The normalized spacial score (nSPS) is 24.1. The quantitative estimate of drug-likeness (QED) is 0.805. The molecule has 2 aliphatic heterocycles. The van der Waals surface area contributed by atoms with E-state index >= 15 is 0 Å². The predicted octanol–water partition coefficient (Wildman–Crippen LogP) is 2.69. The molecule has 2 rings (SSSR count). The molecule has 112 valence electrons. The average Bonchev–Trinajstić information content (AvgIpc) is 2.75. The van der Waals surface area contributed by atoms with Crippen molar-refractivity contribution in [3.63, 3.8) is 0 Å². The smallest absolute Gasteiger partial charge is 0.225 e. The third-order valence-corrected chi connectivity index (χ3v) is 5.14. The molecule has 2 aliphatic rings. The molecule has 1 N–H and O–H groups in total. The van der Waals surface area contributed by atoms with E-state index in [-0.39, 0.29) is 23.7 Å². The molecule has 1 unspecified atom stereocenters. The molecule has 0 aromatic rings.